The molecule has 2 heterocycles. The van der Waals surface area contributed by atoms with Gasteiger partial charge in [-0.05, 0) is 118 Å². The van der Waals surface area contributed by atoms with Crippen molar-refractivity contribution in [2.24, 2.45) is 0 Å². The van der Waals surface area contributed by atoms with Gasteiger partial charge in [0.05, 0.1) is 11.4 Å². The summed E-state index contributed by atoms with van der Waals surface area (Å²) in [4.78, 5) is 9.70. The molecule has 0 bridgehead atoms. The highest BCUT2D eigenvalue weighted by molar-refractivity contribution is 6.22. The smallest absolute Gasteiger partial charge is 0.234 e. The molecule has 0 spiro atoms. The zero-order chi connectivity index (χ0) is 38.9. The number of nitrogens with zero attached hydrogens (tertiary/aromatic N) is 3. The zero-order valence-corrected chi connectivity index (χ0v) is 32.0. The molecule has 0 amide bonds. The number of rotatable bonds is 5. The molecule has 2 aromatic heterocycles. The molecule has 0 N–H and O–H groups in total. The van der Waals surface area contributed by atoms with Crippen LogP contribution < -0.4 is 0 Å². The summed E-state index contributed by atoms with van der Waals surface area (Å²) >= 11 is 0. The number of fused-ring (bicyclic) bond motifs is 6. The minimum absolute atomic E-state index is 0.680. The van der Waals surface area contributed by atoms with Crippen LogP contribution in [0.1, 0.15) is 0 Å². The summed E-state index contributed by atoms with van der Waals surface area (Å²) in [6.07, 6.45) is 3.86. The molecule has 0 radical (unpaired) electrons. The zero-order valence-electron chi connectivity index (χ0n) is 32.0. The molecule has 10 aromatic carbocycles. The molecule has 12 rings (SSSR count). The number of hydrogen-bond donors (Lipinski definition) is 0. The SMILES string of the molecule is c1ccc2cc(-c3nc4ncccn4c3-c3ccc(-c4ccc5c(-c6ccc7ccccc7c6)c6ccccc6c(-c6ccc7ccccc7c6)c5c4)cc3)ccc2c1. The Morgan fingerprint density at radius 3 is 1.39 bits per heavy atom. The molecule has 0 atom stereocenters. The maximum absolute atomic E-state index is 5.06. The van der Waals surface area contributed by atoms with Crippen molar-refractivity contribution in [1.82, 2.24) is 14.4 Å². The molecule has 0 aliphatic heterocycles. The topological polar surface area (TPSA) is 30.2 Å². The molecule has 0 saturated carbocycles. The van der Waals surface area contributed by atoms with Gasteiger partial charge in [0.25, 0.3) is 0 Å². The number of hydrogen-bond acceptors (Lipinski definition) is 2. The Morgan fingerprint density at radius 2 is 0.780 bits per heavy atom. The molecule has 0 saturated heterocycles. The maximum Gasteiger partial charge on any atom is 0.234 e. The number of benzene rings is 10. The van der Waals surface area contributed by atoms with Crippen molar-refractivity contribution in [3.05, 3.63) is 213 Å². The second-order valence-electron chi connectivity index (χ2n) is 15.4. The van der Waals surface area contributed by atoms with Gasteiger partial charge in [-0.15, -0.1) is 0 Å². The van der Waals surface area contributed by atoms with Gasteiger partial charge in [-0.25, -0.2) is 9.97 Å². The van der Waals surface area contributed by atoms with Gasteiger partial charge < -0.3 is 0 Å². The fraction of sp³-hybridized carbons (Fsp3) is 0. The first-order valence-electron chi connectivity index (χ1n) is 20.1. The van der Waals surface area contributed by atoms with Gasteiger partial charge >= 0.3 is 0 Å². The fourth-order valence-corrected chi connectivity index (χ4v) is 9.19. The Balaban J connectivity index is 1.05. The van der Waals surface area contributed by atoms with Crippen LogP contribution in [0.5, 0.6) is 0 Å². The highest BCUT2D eigenvalue weighted by atomic mass is 15.1. The monoisotopic (exact) mass is 749 g/mol. The third-order valence-electron chi connectivity index (χ3n) is 12.0. The summed E-state index contributed by atoms with van der Waals surface area (Å²) in [6.45, 7) is 0. The van der Waals surface area contributed by atoms with E-state index in [4.69, 9.17) is 4.98 Å². The van der Waals surface area contributed by atoms with E-state index >= 15 is 0 Å². The van der Waals surface area contributed by atoms with Crippen molar-refractivity contribution in [1.29, 1.82) is 0 Å². The largest absolute Gasteiger partial charge is 0.283 e. The summed E-state index contributed by atoms with van der Waals surface area (Å²) < 4.78 is 2.10. The first-order valence-corrected chi connectivity index (χ1v) is 20.1. The third-order valence-corrected chi connectivity index (χ3v) is 12.0. The Hall–Kier alpha value is -7.88. The Kier molecular flexibility index (Phi) is 7.54. The van der Waals surface area contributed by atoms with E-state index in [0.29, 0.717) is 5.78 Å². The minimum atomic E-state index is 0.680. The van der Waals surface area contributed by atoms with Crippen molar-refractivity contribution in [2.45, 2.75) is 0 Å². The van der Waals surface area contributed by atoms with Gasteiger partial charge in [-0.1, -0.05) is 170 Å². The van der Waals surface area contributed by atoms with Crippen molar-refractivity contribution < 1.29 is 0 Å². The van der Waals surface area contributed by atoms with Crippen LogP contribution in [-0.2, 0) is 0 Å². The molecule has 0 aliphatic rings. The second-order valence-corrected chi connectivity index (χ2v) is 15.4. The van der Waals surface area contributed by atoms with Gasteiger partial charge in [0, 0.05) is 23.5 Å². The molecule has 0 unspecified atom stereocenters. The number of imidazole rings is 1. The number of aromatic nitrogens is 3. The van der Waals surface area contributed by atoms with Crippen LogP contribution in [0.15, 0.2) is 213 Å². The highest BCUT2D eigenvalue weighted by Crippen LogP contribution is 2.46. The van der Waals surface area contributed by atoms with E-state index in [1.54, 1.807) is 6.20 Å². The Bertz CT molecular complexity index is 3610. The summed E-state index contributed by atoms with van der Waals surface area (Å²) in [5.41, 5.74) is 11.4. The van der Waals surface area contributed by atoms with Crippen LogP contribution in [0.3, 0.4) is 0 Å². The standard InChI is InChI=1S/C56H35N3/c1-4-13-41-32-45(25-20-36(41)10-1)52-48-16-7-8-17-49(48)53(46-26-21-37-11-2-5-14-42(37)33-46)51-35-44(28-29-50(51)52)39-18-23-40(24-19-39)55-54(58-56-57-30-9-31-59(55)56)47-27-22-38-12-3-6-15-43(38)34-47/h1-35H. The van der Waals surface area contributed by atoms with Crippen LogP contribution >= 0.6 is 0 Å². The second kappa shape index (κ2) is 13.4. The van der Waals surface area contributed by atoms with E-state index < -0.39 is 0 Å². The quantitative estimate of drug-likeness (QED) is 0.164. The van der Waals surface area contributed by atoms with Crippen molar-refractivity contribution in [2.75, 3.05) is 0 Å². The average Bonchev–Trinajstić information content (AvgIpc) is 3.70. The highest BCUT2D eigenvalue weighted by Gasteiger charge is 2.20. The van der Waals surface area contributed by atoms with Crippen molar-refractivity contribution >= 4 is 59.6 Å². The minimum Gasteiger partial charge on any atom is -0.283 e. The summed E-state index contributed by atoms with van der Waals surface area (Å²) in [5.74, 6) is 0.680. The Morgan fingerprint density at radius 1 is 0.322 bits per heavy atom. The summed E-state index contributed by atoms with van der Waals surface area (Å²) in [7, 11) is 0. The van der Waals surface area contributed by atoms with Gasteiger partial charge in [0.1, 0.15) is 0 Å². The van der Waals surface area contributed by atoms with Gasteiger partial charge in [-0.3, -0.25) is 4.40 Å². The van der Waals surface area contributed by atoms with Crippen LogP contribution in [0, 0.1) is 0 Å². The predicted molar refractivity (Wildman–Crippen MR) is 248 cm³/mol. The third kappa shape index (κ3) is 5.51. The normalized spacial score (nSPS) is 11.7. The van der Waals surface area contributed by atoms with E-state index in [9.17, 15) is 0 Å². The van der Waals surface area contributed by atoms with Crippen molar-refractivity contribution in [3.8, 4) is 55.9 Å². The molecule has 3 heteroatoms. The maximum atomic E-state index is 5.06. The van der Waals surface area contributed by atoms with E-state index in [-0.39, 0.29) is 0 Å². The van der Waals surface area contributed by atoms with E-state index in [1.165, 1.54) is 81.7 Å². The van der Waals surface area contributed by atoms with Crippen molar-refractivity contribution in [3.63, 3.8) is 0 Å². The van der Waals surface area contributed by atoms with E-state index in [0.717, 1.165) is 28.1 Å². The van der Waals surface area contributed by atoms with Crippen LogP contribution in [-0.4, -0.2) is 14.4 Å². The van der Waals surface area contributed by atoms with Crippen LogP contribution in [0.4, 0.5) is 0 Å². The van der Waals surface area contributed by atoms with Gasteiger partial charge in [0.15, 0.2) is 0 Å². The molecule has 12 aromatic rings. The van der Waals surface area contributed by atoms with Crippen LogP contribution in [0.2, 0.25) is 0 Å². The molecule has 274 valence electrons. The lowest BCUT2D eigenvalue weighted by atomic mass is 9.84. The molecular formula is C56H35N3. The first kappa shape index (κ1) is 33.3. The lowest BCUT2D eigenvalue weighted by Gasteiger charge is -2.19. The fourth-order valence-electron chi connectivity index (χ4n) is 9.19. The molecule has 3 nitrogen and oxygen atoms in total. The molecule has 0 aliphatic carbocycles. The molecular weight excluding hydrogens is 715 g/mol. The van der Waals surface area contributed by atoms with Crippen LogP contribution in [0.25, 0.3) is 116 Å². The van der Waals surface area contributed by atoms with E-state index in [1.807, 2.05) is 6.07 Å². The molecule has 0 fully saturated rings. The molecule has 59 heavy (non-hydrogen) atoms. The van der Waals surface area contributed by atoms with Gasteiger partial charge in [0.2, 0.25) is 5.78 Å². The lowest BCUT2D eigenvalue weighted by Crippen LogP contribution is -1.92. The first-order chi connectivity index (χ1) is 29.2. The lowest BCUT2D eigenvalue weighted by molar-refractivity contribution is 1.11. The summed E-state index contributed by atoms with van der Waals surface area (Å²) in [5, 5.41) is 12.3. The summed E-state index contributed by atoms with van der Waals surface area (Å²) in [6, 6.07) is 73.0. The predicted octanol–water partition coefficient (Wildman–Crippen LogP) is 14.8. The van der Waals surface area contributed by atoms with Gasteiger partial charge in [-0.2, -0.15) is 0 Å². The average molecular weight is 750 g/mol. The van der Waals surface area contributed by atoms with E-state index in [2.05, 4.69) is 210 Å². The Labute approximate surface area is 341 Å².